The van der Waals surface area contributed by atoms with E-state index in [4.69, 9.17) is 8.83 Å². The molecule has 0 saturated heterocycles. The molecule has 12 aromatic rings. The summed E-state index contributed by atoms with van der Waals surface area (Å²) in [6.45, 7) is 0. The average molecular weight is 728 g/mol. The van der Waals surface area contributed by atoms with E-state index in [0.717, 1.165) is 88.4 Å². The van der Waals surface area contributed by atoms with Crippen LogP contribution < -0.4 is 4.90 Å². The normalized spacial score (nSPS) is 11.9. The molecule has 0 amide bonds. The lowest BCUT2D eigenvalue weighted by Gasteiger charge is -2.28. The van der Waals surface area contributed by atoms with E-state index in [-0.39, 0.29) is 0 Å². The van der Waals surface area contributed by atoms with Gasteiger partial charge in [-0.1, -0.05) is 152 Å². The van der Waals surface area contributed by atoms with Crippen LogP contribution in [0.15, 0.2) is 209 Å². The number of fused-ring (bicyclic) bond motifs is 11. The third kappa shape index (κ3) is 4.92. The van der Waals surface area contributed by atoms with Crippen molar-refractivity contribution in [3.05, 3.63) is 200 Å². The summed E-state index contributed by atoms with van der Waals surface area (Å²) in [5, 5.41) is 11.7. The Hall–Kier alpha value is -7.62. The third-order valence-corrected chi connectivity index (χ3v) is 11.6. The highest BCUT2D eigenvalue weighted by Gasteiger charge is 2.24. The topological polar surface area (TPSA) is 29.5 Å². The van der Waals surface area contributed by atoms with Crippen molar-refractivity contribution < 1.29 is 8.83 Å². The van der Waals surface area contributed by atoms with Crippen LogP contribution in [0.3, 0.4) is 0 Å². The van der Waals surface area contributed by atoms with Gasteiger partial charge in [0.25, 0.3) is 0 Å². The second kappa shape index (κ2) is 12.5. The van der Waals surface area contributed by atoms with Crippen LogP contribution in [0.25, 0.3) is 98.4 Å². The lowest BCUT2D eigenvalue weighted by Crippen LogP contribution is -2.11. The highest BCUT2D eigenvalue weighted by atomic mass is 16.3. The van der Waals surface area contributed by atoms with Crippen LogP contribution in [-0.2, 0) is 0 Å². The van der Waals surface area contributed by atoms with Gasteiger partial charge in [0.15, 0.2) is 0 Å². The summed E-state index contributed by atoms with van der Waals surface area (Å²) in [5.74, 6) is 0. The summed E-state index contributed by atoms with van der Waals surface area (Å²) < 4.78 is 13.4. The predicted octanol–water partition coefficient (Wildman–Crippen LogP) is 15.7. The Labute approximate surface area is 328 Å². The lowest BCUT2D eigenvalue weighted by atomic mass is 9.96. The number of hydrogen-bond donors (Lipinski definition) is 0. The van der Waals surface area contributed by atoms with Crippen molar-refractivity contribution in [2.24, 2.45) is 0 Å². The van der Waals surface area contributed by atoms with Crippen molar-refractivity contribution in [1.82, 2.24) is 0 Å². The molecular weight excluding hydrogens is 695 g/mol. The molecule has 0 aliphatic rings. The molecule has 10 aromatic carbocycles. The summed E-state index contributed by atoms with van der Waals surface area (Å²) in [5.41, 5.74) is 11.1. The summed E-state index contributed by atoms with van der Waals surface area (Å²) in [6, 6.07) is 71.5. The Morgan fingerprint density at radius 2 is 0.895 bits per heavy atom. The second-order valence-electron chi connectivity index (χ2n) is 14.8. The van der Waals surface area contributed by atoms with Crippen LogP contribution >= 0.6 is 0 Å². The van der Waals surface area contributed by atoms with Gasteiger partial charge in [-0.25, -0.2) is 0 Å². The molecular formula is C54H33NO2. The minimum Gasteiger partial charge on any atom is -0.455 e. The number of furan rings is 2. The molecule has 0 atom stereocenters. The maximum Gasteiger partial charge on any atom is 0.143 e. The summed E-state index contributed by atoms with van der Waals surface area (Å²) >= 11 is 0. The van der Waals surface area contributed by atoms with Crippen molar-refractivity contribution in [3.63, 3.8) is 0 Å². The van der Waals surface area contributed by atoms with Crippen LogP contribution in [-0.4, -0.2) is 0 Å². The molecule has 0 spiro atoms. The van der Waals surface area contributed by atoms with Gasteiger partial charge in [0.05, 0.1) is 16.8 Å². The molecule has 3 heteroatoms. The maximum atomic E-state index is 6.73. The predicted molar refractivity (Wildman–Crippen MR) is 239 cm³/mol. The van der Waals surface area contributed by atoms with E-state index in [9.17, 15) is 0 Å². The third-order valence-electron chi connectivity index (χ3n) is 11.6. The second-order valence-corrected chi connectivity index (χ2v) is 14.8. The van der Waals surface area contributed by atoms with Gasteiger partial charge in [-0.3, -0.25) is 0 Å². The quantitative estimate of drug-likeness (QED) is 0.165. The molecule has 2 heterocycles. The first-order chi connectivity index (χ1) is 28.3. The van der Waals surface area contributed by atoms with Gasteiger partial charge in [0.1, 0.15) is 22.3 Å². The minimum absolute atomic E-state index is 0.848. The molecule has 0 fully saturated rings. The fraction of sp³-hybridized carbons (Fsp3) is 0. The zero-order chi connectivity index (χ0) is 37.5. The molecule has 3 nitrogen and oxygen atoms in total. The van der Waals surface area contributed by atoms with Gasteiger partial charge >= 0.3 is 0 Å². The zero-order valence-electron chi connectivity index (χ0n) is 30.8. The highest BCUT2D eigenvalue weighted by molar-refractivity contribution is 6.20. The van der Waals surface area contributed by atoms with Gasteiger partial charge in [0, 0.05) is 38.4 Å². The fourth-order valence-electron chi connectivity index (χ4n) is 8.98. The molecule has 0 aliphatic heterocycles. The zero-order valence-corrected chi connectivity index (χ0v) is 30.8. The Morgan fingerprint density at radius 1 is 0.316 bits per heavy atom. The Kier molecular flexibility index (Phi) is 6.93. The number of hydrogen-bond acceptors (Lipinski definition) is 3. The first-order valence-corrected chi connectivity index (χ1v) is 19.4. The standard InChI is InChI=1S/C54H33NO2/c1-3-13-40-35(11-1)23-24-38-33-37(28-31-41(38)40)34-25-29-39(30-26-34)55(49-20-10-22-51-52(49)47-32-27-36-12-2-4-14-42(36)53(47)57-51)48-19-7-5-15-43(48)45-17-9-18-46-44-16-6-8-21-50(44)56-54(45)46/h1-33H. The van der Waals surface area contributed by atoms with Crippen molar-refractivity contribution in [2.75, 3.05) is 4.90 Å². The van der Waals surface area contributed by atoms with Crippen LogP contribution in [0, 0.1) is 0 Å². The average Bonchev–Trinajstić information content (AvgIpc) is 3.86. The lowest BCUT2D eigenvalue weighted by molar-refractivity contribution is 0.670. The number of nitrogens with zero attached hydrogens (tertiary/aromatic N) is 1. The molecule has 0 N–H and O–H groups in total. The summed E-state index contributed by atoms with van der Waals surface area (Å²) in [6.07, 6.45) is 0. The highest BCUT2D eigenvalue weighted by Crippen LogP contribution is 2.48. The van der Waals surface area contributed by atoms with Crippen molar-refractivity contribution in [1.29, 1.82) is 0 Å². The van der Waals surface area contributed by atoms with Crippen molar-refractivity contribution in [2.45, 2.75) is 0 Å². The van der Waals surface area contributed by atoms with E-state index < -0.39 is 0 Å². The Morgan fingerprint density at radius 3 is 1.79 bits per heavy atom. The van der Waals surface area contributed by atoms with Crippen LogP contribution in [0.1, 0.15) is 0 Å². The fourth-order valence-corrected chi connectivity index (χ4v) is 8.98. The maximum absolute atomic E-state index is 6.73. The van der Waals surface area contributed by atoms with Gasteiger partial charge in [-0.2, -0.15) is 0 Å². The first-order valence-electron chi connectivity index (χ1n) is 19.4. The smallest absolute Gasteiger partial charge is 0.143 e. The molecule has 0 aliphatic carbocycles. The van der Waals surface area contributed by atoms with Gasteiger partial charge in [0.2, 0.25) is 0 Å². The van der Waals surface area contributed by atoms with E-state index in [0.29, 0.717) is 0 Å². The van der Waals surface area contributed by atoms with Crippen molar-refractivity contribution >= 4 is 93.3 Å². The van der Waals surface area contributed by atoms with Crippen LogP contribution in [0.2, 0.25) is 0 Å². The Balaban J connectivity index is 1.08. The molecule has 266 valence electrons. The first kappa shape index (κ1) is 31.7. The van der Waals surface area contributed by atoms with Gasteiger partial charge in [-0.05, 0) is 86.6 Å². The van der Waals surface area contributed by atoms with Crippen molar-refractivity contribution in [3.8, 4) is 22.3 Å². The van der Waals surface area contributed by atoms with Crippen LogP contribution in [0.5, 0.6) is 0 Å². The molecule has 0 radical (unpaired) electrons. The number of para-hydroxylation sites is 3. The van der Waals surface area contributed by atoms with E-state index in [2.05, 4.69) is 193 Å². The molecule has 0 bridgehead atoms. The number of benzene rings is 10. The van der Waals surface area contributed by atoms with E-state index in [1.54, 1.807) is 0 Å². The SMILES string of the molecule is c1ccc(N(c2ccc(-c3ccc4c(ccc5ccccc54)c3)cc2)c2cccc3oc4c5ccccc5ccc4c23)c(-c2cccc3c2oc2ccccc23)c1. The van der Waals surface area contributed by atoms with Gasteiger partial charge < -0.3 is 13.7 Å². The van der Waals surface area contributed by atoms with E-state index in [1.165, 1.54) is 27.1 Å². The van der Waals surface area contributed by atoms with Gasteiger partial charge in [-0.15, -0.1) is 0 Å². The van der Waals surface area contributed by atoms with E-state index in [1.807, 2.05) is 12.1 Å². The minimum atomic E-state index is 0.848. The molecule has 12 rings (SSSR count). The molecule has 0 saturated carbocycles. The van der Waals surface area contributed by atoms with E-state index >= 15 is 0 Å². The van der Waals surface area contributed by atoms with Crippen LogP contribution in [0.4, 0.5) is 17.1 Å². The monoisotopic (exact) mass is 727 g/mol. The number of anilines is 3. The largest absolute Gasteiger partial charge is 0.455 e. The Bertz CT molecular complexity index is 3530. The summed E-state index contributed by atoms with van der Waals surface area (Å²) in [4.78, 5) is 2.39. The molecule has 57 heavy (non-hydrogen) atoms. The number of rotatable bonds is 5. The molecule has 0 unspecified atom stereocenters. The molecule has 2 aromatic heterocycles. The summed E-state index contributed by atoms with van der Waals surface area (Å²) in [7, 11) is 0.